The number of fused-ring (bicyclic) bond motifs is 2. The Morgan fingerprint density at radius 3 is 2.23 bits per heavy atom. The van der Waals surface area contributed by atoms with Crippen molar-refractivity contribution in [2.75, 3.05) is 6.61 Å². The third kappa shape index (κ3) is 0.647. The monoisotopic (exact) mass is 184 g/mol. The molecule has 0 unspecified atom stereocenters. The summed E-state index contributed by atoms with van der Waals surface area (Å²) in [6.45, 7) is 7.69. The molecule has 1 aliphatic heterocycles. The molecule has 0 aromatic rings. The van der Waals surface area contributed by atoms with Crippen LogP contribution in [0, 0.1) is 11.3 Å². The number of aliphatic hydroxyl groups is 1. The van der Waals surface area contributed by atoms with E-state index in [0.29, 0.717) is 6.61 Å². The minimum absolute atomic E-state index is 0.0336. The highest BCUT2D eigenvalue weighted by molar-refractivity contribution is 5.95. The molecule has 4 atom stereocenters. The van der Waals surface area contributed by atoms with E-state index in [1.807, 2.05) is 13.8 Å². The molecule has 1 aliphatic carbocycles. The van der Waals surface area contributed by atoms with Gasteiger partial charge in [0.1, 0.15) is 5.60 Å². The molecule has 0 aromatic carbocycles. The summed E-state index contributed by atoms with van der Waals surface area (Å²) in [5.74, 6) is -0.0764. The van der Waals surface area contributed by atoms with Crippen molar-refractivity contribution in [1.82, 2.24) is 0 Å². The van der Waals surface area contributed by atoms with Crippen LogP contribution in [0.2, 0.25) is 0 Å². The molecule has 1 heterocycles. The van der Waals surface area contributed by atoms with Gasteiger partial charge in [-0.1, -0.05) is 13.8 Å². The van der Waals surface area contributed by atoms with E-state index in [-0.39, 0.29) is 11.7 Å². The summed E-state index contributed by atoms with van der Waals surface area (Å²) in [5, 5.41) is 10.3. The highest BCUT2D eigenvalue weighted by atomic mass is 16.5. The Morgan fingerprint density at radius 2 is 2.00 bits per heavy atom. The van der Waals surface area contributed by atoms with Crippen molar-refractivity contribution in [2.24, 2.45) is 11.3 Å². The number of Topliss-reactive ketones (excluding diaryl/α,β-unsaturated/α-hetero) is 1. The van der Waals surface area contributed by atoms with E-state index in [1.54, 1.807) is 13.8 Å². The lowest BCUT2D eigenvalue weighted by Crippen LogP contribution is -2.50. The Bertz CT molecular complexity index is 281. The number of hydrogen-bond donors (Lipinski definition) is 1. The Balaban J connectivity index is 2.61. The van der Waals surface area contributed by atoms with Crippen molar-refractivity contribution in [1.29, 1.82) is 0 Å². The van der Waals surface area contributed by atoms with Crippen LogP contribution < -0.4 is 0 Å². The number of ether oxygens (including phenoxy) is 1. The van der Waals surface area contributed by atoms with Crippen LogP contribution in [0.1, 0.15) is 27.7 Å². The standard InChI is InChI=1S/C10H16O3/c1-6-7(11)9(3)10(4,12)8(6,2)5-13-9/h6,12H,5H2,1-4H3/t6-,8-,9+,10-/m1/s1. The Hall–Kier alpha value is -0.410. The van der Waals surface area contributed by atoms with E-state index in [1.165, 1.54) is 0 Å². The van der Waals surface area contributed by atoms with Gasteiger partial charge in [0, 0.05) is 11.3 Å². The largest absolute Gasteiger partial charge is 0.386 e. The van der Waals surface area contributed by atoms with E-state index in [0.717, 1.165) is 0 Å². The highest BCUT2D eigenvalue weighted by Gasteiger charge is 2.74. The van der Waals surface area contributed by atoms with Gasteiger partial charge in [0.2, 0.25) is 0 Å². The predicted molar refractivity (Wildman–Crippen MR) is 47.3 cm³/mol. The molecular formula is C10H16O3. The number of carbonyl (C=O) groups excluding carboxylic acids is 1. The molecule has 3 heteroatoms. The fourth-order valence-corrected chi connectivity index (χ4v) is 2.68. The summed E-state index contributed by atoms with van der Waals surface area (Å²) in [6.07, 6.45) is 0. The van der Waals surface area contributed by atoms with E-state index < -0.39 is 16.6 Å². The van der Waals surface area contributed by atoms with Crippen molar-refractivity contribution < 1.29 is 14.6 Å². The number of hydrogen-bond acceptors (Lipinski definition) is 3. The summed E-state index contributed by atoms with van der Waals surface area (Å²) >= 11 is 0. The summed E-state index contributed by atoms with van der Waals surface area (Å²) in [4.78, 5) is 11.8. The van der Waals surface area contributed by atoms with E-state index in [2.05, 4.69) is 0 Å². The van der Waals surface area contributed by atoms with Crippen molar-refractivity contribution in [3.8, 4) is 0 Å². The molecule has 2 rings (SSSR count). The fraction of sp³-hybridized carbons (Fsp3) is 0.900. The molecule has 0 amide bonds. The summed E-state index contributed by atoms with van der Waals surface area (Å²) in [5.41, 5.74) is -2.43. The van der Waals surface area contributed by atoms with Gasteiger partial charge in [0.05, 0.1) is 6.61 Å². The first-order chi connectivity index (χ1) is 5.77. The van der Waals surface area contributed by atoms with Crippen LogP contribution in [0.3, 0.4) is 0 Å². The molecule has 74 valence electrons. The number of rotatable bonds is 0. The third-order valence-electron chi connectivity index (χ3n) is 4.52. The molecule has 1 saturated heterocycles. The second kappa shape index (κ2) is 1.98. The van der Waals surface area contributed by atoms with Crippen LogP contribution in [-0.4, -0.2) is 28.7 Å². The maximum Gasteiger partial charge on any atom is 0.170 e. The van der Waals surface area contributed by atoms with Crippen molar-refractivity contribution in [3.05, 3.63) is 0 Å². The predicted octanol–water partition coefficient (Wildman–Crippen LogP) is 0.751. The van der Waals surface area contributed by atoms with Gasteiger partial charge < -0.3 is 9.84 Å². The summed E-state index contributed by atoms with van der Waals surface area (Å²) in [6, 6.07) is 0. The van der Waals surface area contributed by atoms with Gasteiger partial charge in [-0.3, -0.25) is 4.79 Å². The van der Waals surface area contributed by atoms with Gasteiger partial charge in [-0.05, 0) is 13.8 Å². The third-order valence-corrected chi connectivity index (χ3v) is 4.52. The number of ketones is 1. The second-order valence-electron chi connectivity index (χ2n) is 4.90. The van der Waals surface area contributed by atoms with Crippen molar-refractivity contribution >= 4 is 5.78 Å². The quantitative estimate of drug-likeness (QED) is 0.604. The Labute approximate surface area is 78.1 Å². The topological polar surface area (TPSA) is 46.5 Å². The lowest BCUT2D eigenvalue weighted by atomic mass is 9.72. The molecule has 2 fully saturated rings. The maximum atomic E-state index is 11.8. The van der Waals surface area contributed by atoms with E-state index in [4.69, 9.17) is 4.74 Å². The molecule has 2 aliphatic rings. The smallest absolute Gasteiger partial charge is 0.170 e. The zero-order chi connectivity index (χ0) is 10.1. The lowest BCUT2D eigenvalue weighted by molar-refractivity contribution is -0.151. The van der Waals surface area contributed by atoms with Gasteiger partial charge in [-0.25, -0.2) is 0 Å². The van der Waals surface area contributed by atoms with Gasteiger partial charge in [-0.15, -0.1) is 0 Å². The molecule has 0 spiro atoms. The number of carbonyl (C=O) groups is 1. The van der Waals surface area contributed by atoms with E-state index in [9.17, 15) is 9.90 Å². The zero-order valence-corrected chi connectivity index (χ0v) is 8.55. The average Bonchev–Trinajstić information content (AvgIpc) is 2.28. The lowest BCUT2D eigenvalue weighted by Gasteiger charge is -2.34. The maximum absolute atomic E-state index is 11.8. The van der Waals surface area contributed by atoms with Crippen LogP contribution in [0.25, 0.3) is 0 Å². The minimum Gasteiger partial charge on any atom is -0.386 e. The first-order valence-electron chi connectivity index (χ1n) is 4.68. The molecule has 0 aromatic heterocycles. The molecule has 3 nitrogen and oxygen atoms in total. The van der Waals surface area contributed by atoms with Gasteiger partial charge in [0.15, 0.2) is 11.4 Å². The Kier molecular flexibility index (Phi) is 1.40. The van der Waals surface area contributed by atoms with Crippen LogP contribution in [0.5, 0.6) is 0 Å². The van der Waals surface area contributed by atoms with Gasteiger partial charge in [-0.2, -0.15) is 0 Å². The molecule has 2 bridgehead atoms. The summed E-state index contributed by atoms with van der Waals surface area (Å²) < 4.78 is 5.44. The van der Waals surface area contributed by atoms with Crippen LogP contribution in [-0.2, 0) is 9.53 Å². The van der Waals surface area contributed by atoms with E-state index >= 15 is 0 Å². The highest BCUT2D eigenvalue weighted by Crippen LogP contribution is 2.60. The normalized spacial score (nSPS) is 60.4. The Morgan fingerprint density at radius 1 is 1.46 bits per heavy atom. The second-order valence-corrected chi connectivity index (χ2v) is 4.90. The minimum atomic E-state index is -1.03. The first-order valence-corrected chi connectivity index (χ1v) is 4.68. The average molecular weight is 184 g/mol. The molecule has 1 N–H and O–H groups in total. The zero-order valence-electron chi connectivity index (χ0n) is 8.55. The molecule has 1 saturated carbocycles. The first kappa shape index (κ1) is 9.16. The molecular weight excluding hydrogens is 168 g/mol. The SMILES string of the molecule is C[C@@H]1C(=O)[C@]2(C)OC[C@@]1(C)[C@@]2(C)O. The van der Waals surface area contributed by atoms with Gasteiger partial charge >= 0.3 is 0 Å². The van der Waals surface area contributed by atoms with Gasteiger partial charge in [0.25, 0.3) is 0 Å². The van der Waals surface area contributed by atoms with Crippen molar-refractivity contribution in [3.63, 3.8) is 0 Å². The van der Waals surface area contributed by atoms with Crippen molar-refractivity contribution in [2.45, 2.75) is 38.9 Å². The fourth-order valence-electron chi connectivity index (χ4n) is 2.68. The summed E-state index contributed by atoms with van der Waals surface area (Å²) in [7, 11) is 0. The molecule has 13 heavy (non-hydrogen) atoms. The molecule has 0 radical (unpaired) electrons. The van der Waals surface area contributed by atoms with Crippen LogP contribution >= 0.6 is 0 Å². The van der Waals surface area contributed by atoms with Crippen LogP contribution in [0.4, 0.5) is 0 Å². The van der Waals surface area contributed by atoms with Crippen LogP contribution in [0.15, 0.2) is 0 Å².